The minimum atomic E-state index is -0.560. The number of para-hydroxylation sites is 1. The fraction of sp³-hybridized carbons (Fsp3) is 0.200. The Bertz CT molecular complexity index is 1180. The van der Waals surface area contributed by atoms with Crippen molar-refractivity contribution in [3.05, 3.63) is 94.0 Å². The summed E-state index contributed by atoms with van der Waals surface area (Å²) < 4.78 is 5.80. The van der Waals surface area contributed by atoms with Gasteiger partial charge in [0.15, 0.2) is 0 Å². The van der Waals surface area contributed by atoms with E-state index in [0.29, 0.717) is 17.9 Å². The molecule has 1 fully saturated rings. The first-order valence-electron chi connectivity index (χ1n) is 10.8. The van der Waals surface area contributed by atoms with Crippen molar-refractivity contribution in [3.8, 4) is 11.5 Å². The molecule has 1 saturated heterocycles. The monoisotopic (exact) mass is 477 g/mol. The average Bonchev–Trinajstić information content (AvgIpc) is 2.86. The van der Waals surface area contributed by atoms with Gasteiger partial charge in [-0.2, -0.15) is 11.8 Å². The first-order chi connectivity index (χ1) is 16.5. The Hall–Kier alpha value is -3.85. The summed E-state index contributed by atoms with van der Waals surface area (Å²) >= 11 is 1.85. The predicted molar refractivity (Wildman–Crippen MR) is 132 cm³/mol. The van der Waals surface area contributed by atoms with Crippen LogP contribution in [0.2, 0.25) is 0 Å². The summed E-state index contributed by atoms with van der Waals surface area (Å²) in [6.07, 6.45) is 0.304. The van der Waals surface area contributed by atoms with Crippen LogP contribution < -0.4 is 10.1 Å². The van der Waals surface area contributed by atoms with Gasteiger partial charge in [-0.3, -0.25) is 19.7 Å². The van der Waals surface area contributed by atoms with E-state index in [0.717, 1.165) is 30.2 Å². The number of amides is 2. The Morgan fingerprint density at radius 1 is 1.00 bits per heavy atom. The molecule has 174 valence electrons. The molecule has 0 radical (unpaired) electrons. The van der Waals surface area contributed by atoms with E-state index < -0.39 is 10.8 Å². The van der Waals surface area contributed by atoms with Gasteiger partial charge in [0.2, 0.25) is 5.91 Å². The molecular weight excluding hydrogens is 454 g/mol. The zero-order chi connectivity index (χ0) is 23.9. The summed E-state index contributed by atoms with van der Waals surface area (Å²) in [5.41, 5.74) is 1.19. The number of non-ortho nitro benzene ring substituents is 1. The fourth-order valence-electron chi connectivity index (χ4n) is 3.52. The second-order valence-electron chi connectivity index (χ2n) is 7.67. The van der Waals surface area contributed by atoms with E-state index in [1.54, 1.807) is 48.5 Å². The molecule has 0 spiro atoms. The Labute approximate surface area is 201 Å². The maximum absolute atomic E-state index is 13.0. The topological polar surface area (TPSA) is 102 Å². The third-order valence-corrected chi connectivity index (χ3v) is 6.26. The molecule has 0 atom stereocenters. The summed E-state index contributed by atoms with van der Waals surface area (Å²) in [7, 11) is 0. The normalized spacial score (nSPS) is 13.2. The third-order valence-electron chi connectivity index (χ3n) is 5.32. The molecule has 1 aliphatic rings. The number of nitrogens with one attached hydrogen (secondary N) is 1. The van der Waals surface area contributed by atoms with Crippen LogP contribution >= 0.6 is 11.8 Å². The molecule has 0 saturated carbocycles. The highest BCUT2D eigenvalue weighted by atomic mass is 32.2. The van der Waals surface area contributed by atoms with E-state index in [1.165, 1.54) is 18.2 Å². The van der Waals surface area contributed by atoms with Crippen LogP contribution in [0.3, 0.4) is 0 Å². The van der Waals surface area contributed by atoms with E-state index in [1.807, 2.05) is 22.7 Å². The van der Waals surface area contributed by atoms with Gasteiger partial charge in [-0.05, 0) is 35.9 Å². The minimum absolute atomic E-state index is 0.0419. The van der Waals surface area contributed by atoms with Crippen LogP contribution in [-0.2, 0) is 11.2 Å². The number of carbonyl (C=O) groups excluding carboxylic acids is 2. The third kappa shape index (κ3) is 5.93. The summed E-state index contributed by atoms with van der Waals surface area (Å²) in [4.78, 5) is 38.0. The number of nitro benzene ring substituents is 1. The van der Waals surface area contributed by atoms with Crippen molar-refractivity contribution >= 4 is 35.0 Å². The van der Waals surface area contributed by atoms with E-state index >= 15 is 0 Å². The molecule has 9 heteroatoms. The highest BCUT2D eigenvalue weighted by molar-refractivity contribution is 7.99. The van der Waals surface area contributed by atoms with E-state index in [2.05, 4.69) is 5.32 Å². The second kappa shape index (κ2) is 10.8. The van der Waals surface area contributed by atoms with Gasteiger partial charge in [0.1, 0.15) is 11.5 Å². The van der Waals surface area contributed by atoms with Crippen LogP contribution in [0, 0.1) is 10.1 Å². The summed E-state index contributed by atoms with van der Waals surface area (Å²) in [5, 5.41) is 14.0. The standard InChI is InChI=1S/C25H23N3O5S/c29-24(27-12-14-34-15-13-27)16-18-6-8-19(9-7-18)26-25(30)22-17-20(28(31)32)10-11-23(22)33-21-4-2-1-3-5-21/h1-11,17H,12-16H2,(H,26,30). The van der Waals surface area contributed by atoms with Crippen molar-refractivity contribution in [1.82, 2.24) is 4.90 Å². The van der Waals surface area contributed by atoms with Gasteiger partial charge >= 0.3 is 0 Å². The van der Waals surface area contributed by atoms with Crippen molar-refractivity contribution < 1.29 is 19.2 Å². The second-order valence-corrected chi connectivity index (χ2v) is 8.90. The number of hydrogen-bond donors (Lipinski definition) is 1. The zero-order valence-electron chi connectivity index (χ0n) is 18.3. The number of carbonyl (C=O) groups is 2. The lowest BCUT2D eigenvalue weighted by atomic mass is 10.1. The summed E-state index contributed by atoms with van der Waals surface area (Å²) in [5.74, 6) is 2.19. The maximum atomic E-state index is 13.0. The average molecular weight is 478 g/mol. The SMILES string of the molecule is O=C(Nc1ccc(CC(=O)N2CCSCC2)cc1)c1cc([N+](=O)[O-])ccc1Oc1ccccc1. The van der Waals surface area contributed by atoms with Gasteiger partial charge in [-0.15, -0.1) is 0 Å². The molecule has 1 heterocycles. The summed E-state index contributed by atoms with van der Waals surface area (Å²) in [6.45, 7) is 1.54. The molecular formula is C25H23N3O5S. The van der Waals surface area contributed by atoms with Gasteiger partial charge < -0.3 is 15.0 Å². The molecule has 0 bridgehead atoms. The van der Waals surface area contributed by atoms with Crippen LogP contribution in [-0.4, -0.2) is 46.2 Å². The molecule has 8 nitrogen and oxygen atoms in total. The Balaban J connectivity index is 1.47. The molecule has 4 rings (SSSR count). The van der Waals surface area contributed by atoms with E-state index in [4.69, 9.17) is 4.74 Å². The zero-order valence-corrected chi connectivity index (χ0v) is 19.1. The van der Waals surface area contributed by atoms with Gasteiger partial charge in [0, 0.05) is 42.4 Å². The fourth-order valence-corrected chi connectivity index (χ4v) is 4.42. The molecule has 0 aromatic heterocycles. The van der Waals surface area contributed by atoms with Crippen LogP contribution in [0.5, 0.6) is 11.5 Å². The molecule has 2 amide bonds. The number of hydrogen-bond acceptors (Lipinski definition) is 6. The van der Waals surface area contributed by atoms with Crippen molar-refractivity contribution in [2.45, 2.75) is 6.42 Å². The van der Waals surface area contributed by atoms with Crippen molar-refractivity contribution in [2.75, 3.05) is 29.9 Å². The highest BCUT2D eigenvalue weighted by Gasteiger charge is 2.20. The van der Waals surface area contributed by atoms with Gasteiger partial charge in [-0.1, -0.05) is 30.3 Å². The Kier molecular flexibility index (Phi) is 7.44. The van der Waals surface area contributed by atoms with Gasteiger partial charge in [0.25, 0.3) is 11.6 Å². The molecule has 0 unspecified atom stereocenters. The van der Waals surface area contributed by atoms with Crippen LogP contribution in [0.15, 0.2) is 72.8 Å². The number of ether oxygens (including phenoxy) is 1. The first kappa shape index (κ1) is 23.3. The molecule has 0 aliphatic carbocycles. The van der Waals surface area contributed by atoms with Gasteiger partial charge in [-0.25, -0.2) is 0 Å². The Morgan fingerprint density at radius 2 is 1.71 bits per heavy atom. The Morgan fingerprint density at radius 3 is 2.38 bits per heavy atom. The summed E-state index contributed by atoms with van der Waals surface area (Å²) in [6, 6.07) is 19.8. The molecule has 1 aliphatic heterocycles. The van der Waals surface area contributed by atoms with Crippen LogP contribution in [0.25, 0.3) is 0 Å². The first-order valence-corrected chi connectivity index (χ1v) is 11.9. The van der Waals surface area contributed by atoms with Gasteiger partial charge in [0.05, 0.1) is 16.9 Å². The predicted octanol–water partition coefficient (Wildman–Crippen LogP) is 4.76. The number of nitro groups is 1. The maximum Gasteiger partial charge on any atom is 0.270 e. The van der Waals surface area contributed by atoms with Crippen molar-refractivity contribution in [2.24, 2.45) is 0 Å². The molecule has 3 aromatic carbocycles. The number of rotatable bonds is 7. The minimum Gasteiger partial charge on any atom is -0.457 e. The van der Waals surface area contributed by atoms with Crippen LogP contribution in [0.1, 0.15) is 15.9 Å². The lowest BCUT2D eigenvalue weighted by Crippen LogP contribution is -2.38. The van der Waals surface area contributed by atoms with Crippen molar-refractivity contribution in [1.29, 1.82) is 0 Å². The van der Waals surface area contributed by atoms with E-state index in [9.17, 15) is 19.7 Å². The quantitative estimate of drug-likeness (QED) is 0.389. The smallest absolute Gasteiger partial charge is 0.270 e. The van der Waals surface area contributed by atoms with Crippen LogP contribution in [0.4, 0.5) is 11.4 Å². The largest absolute Gasteiger partial charge is 0.457 e. The van der Waals surface area contributed by atoms with Crippen molar-refractivity contribution in [3.63, 3.8) is 0 Å². The number of thioether (sulfide) groups is 1. The number of benzene rings is 3. The lowest BCUT2D eigenvalue weighted by Gasteiger charge is -2.26. The molecule has 34 heavy (non-hydrogen) atoms. The highest BCUT2D eigenvalue weighted by Crippen LogP contribution is 2.29. The number of nitrogens with zero attached hydrogens (tertiary/aromatic N) is 2. The van der Waals surface area contributed by atoms with E-state index in [-0.39, 0.29) is 22.9 Å². The lowest BCUT2D eigenvalue weighted by molar-refractivity contribution is -0.384. The molecule has 3 aromatic rings. The number of anilines is 1. The molecule has 1 N–H and O–H groups in total.